The van der Waals surface area contributed by atoms with Crippen LogP contribution >= 0.6 is 0 Å². The van der Waals surface area contributed by atoms with Gasteiger partial charge in [-0.25, -0.2) is 4.98 Å². The fourth-order valence-corrected chi connectivity index (χ4v) is 3.98. The number of rotatable bonds is 8. The van der Waals surface area contributed by atoms with Gasteiger partial charge in [0.25, 0.3) is 5.91 Å². The van der Waals surface area contributed by atoms with E-state index in [1.54, 1.807) is 12.1 Å². The number of hydrogen-bond donors (Lipinski definition) is 1. The van der Waals surface area contributed by atoms with Gasteiger partial charge in [-0.05, 0) is 78.1 Å². The molecule has 5 rings (SSSR count). The lowest BCUT2D eigenvalue weighted by Crippen LogP contribution is -2.11. The van der Waals surface area contributed by atoms with Gasteiger partial charge in [-0.2, -0.15) is 0 Å². The van der Waals surface area contributed by atoms with Crippen LogP contribution in [0.5, 0.6) is 5.75 Å². The molecule has 0 aliphatic heterocycles. The number of aromatic nitrogens is 1. The van der Waals surface area contributed by atoms with E-state index in [2.05, 4.69) is 36.3 Å². The fourth-order valence-electron chi connectivity index (χ4n) is 3.98. The molecule has 0 spiro atoms. The molecule has 1 aromatic heterocycles. The molecule has 0 aliphatic rings. The molecule has 0 unspecified atom stereocenters. The highest BCUT2D eigenvalue weighted by Crippen LogP contribution is 2.28. The Bertz CT molecular complexity index is 1470. The van der Waals surface area contributed by atoms with Gasteiger partial charge in [-0.1, -0.05) is 56.3 Å². The molecule has 5 nitrogen and oxygen atoms in total. The minimum absolute atomic E-state index is 0.202. The van der Waals surface area contributed by atoms with E-state index >= 15 is 0 Å². The van der Waals surface area contributed by atoms with Gasteiger partial charge in [0.15, 0.2) is 5.58 Å². The van der Waals surface area contributed by atoms with Crippen LogP contribution in [0.4, 0.5) is 5.69 Å². The van der Waals surface area contributed by atoms with Crippen molar-refractivity contribution in [3.8, 4) is 17.2 Å². The summed E-state index contributed by atoms with van der Waals surface area (Å²) in [4.78, 5) is 17.5. The fraction of sp³-hybridized carbons (Fsp3) is 0.161. The monoisotopic (exact) mass is 476 g/mol. The van der Waals surface area contributed by atoms with E-state index in [1.165, 1.54) is 5.56 Å². The predicted octanol–water partition coefficient (Wildman–Crippen LogP) is 7.84. The maximum atomic E-state index is 12.8. The van der Waals surface area contributed by atoms with E-state index < -0.39 is 0 Å². The first-order chi connectivity index (χ1) is 17.6. The van der Waals surface area contributed by atoms with Crippen molar-refractivity contribution in [2.75, 3.05) is 5.32 Å². The number of amides is 1. The molecular formula is C31H28N2O3. The van der Waals surface area contributed by atoms with Crippen LogP contribution in [0.1, 0.15) is 47.7 Å². The lowest BCUT2D eigenvalue weighted by Gasteiger charge is -2.09. The summed E-state index contributed by atoms with van der Waals surface area (Å²) in [7, 11) is 0. The number of ether oxygens (including phenoxy) is 1. The normalized spacial score (nSPS) is 11.8. The molecule has 5 heteroatoms. The number of fused-ring (bicyclic) bond motifs is 1. The van der Waals surface area contributed by atoms with Crippen molar-refractivity contribution in [2.24, 2.45) is 0 Å². The second-order valence-corrected chi connectivity index (χ2v) is 8.89. The molecule has 1 amide bonds. The molecular weight excluding hydrogens is 448 g/mol. The van der Waals surface area contributed by atoms with Crippen molar-refractivity contribution in [2.45, 2.75) is 32.8 Å². The first kappa shape index (κ1) is 23.4. The summed E-state index contributed by atoms with van der Waals surface area (Å²) in [6.07, 6.45) is 1.08. The average molecular weight is 477 g/mol. The molecule has 0 bridgehead atoms. The molecule has 5 aromatic rings. The Kier molecular flexibility index (Phi) is 6.80. The first-order valence-electron chi connectivity index (χ1n) is 12.2. The Morgan fingerprint density at radius 1 is 0.944 bits per heavy atom. The zero-order chi connectivity index (χ0) is 24.9. The third kappa shape index (κ3) is 5.31. The van der Waals surface area contributed by atoms with Crippen LogP contribution in [0.3, 0.4) is 0 Å². The number of carbonyl (C=O) groups excluding carboxylic acids is 1. The van der Waals surface area contributed by atoms with Gasteiger partial charge >= 0.3 is 0 Å². The molecule has 0 aliphatic carbocycles. The Balaban J connectivity index is 1.25. The molecule has 1 heterocycles. The molecule has 0 saturated heterocycles. The first-order valence-corrected chi connectivity index (χ1v) is 12.2. The van der Waals surface area contributed by atoms with Crippen LogP contribution in [0.25, 0.3) is 22.6 Å². The van der Waals surface area contributed by atoms with Crippen LogP contribution in [-0.4, -0.2) is 10.9 Å². The molecule has 0 saturated carbocycles. The summed E-state index contributed by atoms with van der Waals surface area (Å²) in [5, 5.41) is 2.95. The van der Waals surface area contributed by atoms with Crippen molar-refractivity contribution < 1.29 is 13.9 Å². The van der Waals surface area contributed by atoms with E-state index in [1.807, 2.05) is 72.8 Å². The standard InChI is InChI=1S/C31H28N2O3/c1-3-21(2)24-14-17-29-28(19-24)33-31(36-29)23-12-15-26(16-13-23)32-30(34)25-10-7-11-27(18-25)35-20-22-8-5-4-6-9-22/h4-19,21H,3,20H2,1-2H3,(H,32,34)/t21-/m1/s1. The summed E-state index contributed by atoms with van der Waals surface area (Å²) in [6.45, 7) is 4.84. The van der Waals surface area contributed by atoms with Crippen LogP contribution in [0.2, 0.25) is 0 Å². The van der Waals surface area contributed by atoms with Crippen molar-refractivity contribution in [1.82, 2.24) is 4.98 Å². The SMILES string of the molecule is CC[C@@H](C)c1ccc2oc(-c3ccc(NC(=O)c4cccc(OCc5ccccc5)c4)cc3)nc2c1. The van der Waals surface area contributed by atoms with Gasteiger partial charge in [0.05, 0.1) is 0 Å². The second kappa shape index (κ2) is 10.5. The number of hydrogen-bond acceptors (Lipinski definition) is 4. The highest BCUT2D eigenvalue weighted by Gasteiger charge is 2.12. The third-order valence-electron chi connectivity index (χ3n) is 6.33. The highest BCUT2D eigenvalue weighted by atomic mass is 16.5. The number of carbonyl (C=O) groups is 1. The molecule has 1 N–H and O–H groups in total. The summed E-state index contributed by atoms with van der Waals surface area (Å²) < 4.78 is 11.8. The topological polar surface area (TPSA) is 64.4 Å². The molecule has 4 aromatic carbocycles. The van der Waals surface area contributed by atoms with Gasteiger partial charge < -0.3 is 14.5 Å². The van der Waals surface area contributed by atoms with Crippen molar-refractivity contribution in [3.05, 3.63) is 114 Å². The van der Waals surface area contributed by atoms with E-state index in [-0.39, 0.29) is 5.91 Å². The van der Waals surface area contributed by atoms with Crippen molar-refractivity contribution in [1.29, 1.82) is 0 Å². The van der Waals surface area contributed by atoms with Gasteiger partial charge in [0.1, 0.15) is 17.9 Å². The maximum Gasteiger partial charge on any atom is 0.255 e. The Morgan fingerprint density at radius 3 is 2.53 bits per heavy atom. The van der Waals surface area contributed by atoms with Crippen LogP contribution in [-0.2, 0) is 6.61 Å². The molecule has 180 valence electrons. The van der Waals surface area contributed by atoms with Crippen LogP contribution < -0.4 is 10.1 Å². The molecule has 0 radical (unpaired) electrons. The molecule has 36 heavy (non-hydrogen) atoms. The maximum absolute atomic E-state index is 12.8. The van der Waals surface area contributed by atoms with Crippen molar-refractivity contribution >= 4 is 22.7 Å². The van der Waals surface area contributed by atoms with Gasteiger partial charge in [0, 0.05) is 16.8 Å². The molecule has 1 atom stereocenters. The number of nitrogens with zero attached hydrogens (tertiary/aromatic N) is 1. The van der Waals surface area contributed by atoms with Crippen LogP contribution in [0, 0.1) is 0 Å². The zero-order valence-electron chi connectivity index (χ0n) is 20.4. The Labute approximate surface area is 210 Å². The van der Waals surface area contributed by atoms with E-state index in [4.69, 9.17) is 9.15 Å². The summed E-state index contributed by atoms with van der Waals surface area (Å²) in [5.74, 6) is 1.49. The lowest BCUT2D eigenvalue weighted by molar-refractivity contribution is 0.102. The Hall–Kier alpha value is -4.38. The average Bonchev–Trinajstić information content (AvgIpc) is 3.36. The van der Waals surface area contributed by atoms with Gasteiger partial charge in [-0.15, -0.1) is 0 Å². The lowest BCUT2D eigenvalue weighted by atomic mass is 9.98. The Morgan fingerprint density at radius 2 is 1.75 bits per heavy atom. The van der Waals surface area contributed by atoms with Crippen LogP contribution in [0.15, 0.2) is 101 Å². The van der Waals surface area contributed by atoms with Gasteiger partial charge in [-0.3, -0.25) is 4.79 Å². The molecule has 0 fully saturated rings. The van der Waals surface area contributed by atoms with Crippen molar-refractivity contribution in [3.63, 3.8) is 0 Å². The minimum Gasteiger partial charge on any atom is -0.489 e. The second-order valence-electron chi connectivity index (χ2n) is 8.89. The summed E-state index contributed by atoms with van der Waals surface area (Å²) in [6, 6.07) is 30.8. The predicted molar refractivity (Wildman–Crippen MR) is 143 cm³/mol. The van der Waals surface area contributed by atoms with E-state index in [9.17, 15) is 4.79 Å². The highest BCUT2D eigenvalue weighted by molar-refractivity contribution is 6.04. The minimum atomic E-state index is -0.202. The quantitative estimate of drug-likeness (QED) is 0.248. The number of oxazole rings is 1. The summed E-state index contributed by atoms with van der Waals surface area (Å²) >= 11 is 0. The summed E-state index contributed by atoms with van der Waals surface area (Å²) in [5.41, 5.74) is 6.03. The zero-order valence-corrected chi connectivity index (χ0v) is 20.4. The van der Waals surface area contributed by atoms with E-state index in [0.717, 1.165) is 28.6 Å². The number of nitrogens with one attached hydrogen (secondary N) is 1. The largest absolute Gasteiger partial charge is 0.489 e. The number of benzene rings is 4. The smallest absolute Gasteiger partial charge is 0.255 e. The third-order valence-corrected chi connectivity index (χ3v) is 6.33. The number of anilines is 1. The van der Waals surface area contributed by atoms with Gasteiger partial charge in [0.2, 0.25) is 5.89 Å². The van der Waals surface area contributed by atoms with E-state index in [0.29, 0.717) is 35.4 Å².